The lowest BCUT2D eigenvalue weighted by atomic mass is 9.97. The van der Waals surface area contributed by atoms with Crippen LogP contribution in [0.3, 0.4) is 0 Å². The van der Waals surface area contributed by atoms with Gasteiger partial charge in [-0.3, -0.25) is 4.79 Å². The lowest BCUT2D eigenvalue weighted by molar-refractivity contribution is 0.0516. The molecule has 200 valence electrons. The number of nitrogens with zero attached hydrogens (tertiary/aromatic N) is 3. The SMILES string of the molecule is Cn1ccc2cc(C(=O)N3COc4c(cccc4-c4cc(N5CCOCC5)c(C(=O)O)cc4F)C3)c(Cl)cc21. The molecule has 39 heavy (non-hydrogen) atoms. The Hall–Kier alpha value is -4.08. The molecule has 0 saturated carbocycles. The minimum atomic E-state index is -1.20. The van der Waals surface area contributed by atoms with Crippen LogP contribution in [0.4, 0.5) is 10.1 Å². The van der Waals surface area contributed by atoms with E-state index in [4.69, 9.17) is 21.1 Å². The molecule has 2 aliphatic heterocycles. The van der Waals surface area contributed by atoms with Crippen LogP contribution in [-0.2, 0) is 18.3 Å². The molecule has 0 atom stereocenters. The number of aromatic nitrogens is 1. The second-order valence-electron chi connectivity index (χ2n) is 9.64. The van der Waals surface area contributed by atoms with Gasteiger partial charge >= 0.3 is 5.97 Å². The van der Waals surface area contributed by atoms with Gasteiger partial charge in [0.15, 0.2) is 6.73 Å². The summed E-state index contributed by atoms with van der Waals surface area (Å²) in [5.41, 5.74) is 3.06. The van der Waals surface area contributed by atoms with Gasteiger partial charge in [-0.15, -0.1) is 0 Å². The number of halogens is 2. The van der Waals surface area contributed by atoms with Crippen molar-refractivity contribution in [2.24, 2.45) is 7.05 Å². The summed E-state index contributed by atoms with van der Waals surface area (Å²) in [6, 6.07) is 13.4. The summed E-state index contributed by atoms with van der Waals surface area (Å²) in [5.74, 6) is -1.67. The predicted octanol–water partition coefficient (Wildman–Crippen LogP) is 5.16. The highest BCUT2D eigenvalue weighted by Gasteiger charge is 2.29. The van der Waals surface area contributed by atoms with Crippen LogP contribution in [0.25, 0.3) is 22.0 Å². The Bertz CT molecular complexity index is 1630. The van der Waals surface area contributed by atoms with E-state index in [0.717, 1.165) is 17.0 Å². The molecule has 6 rings (SSSR count). The van der Waals surface area contributed by atoms with Crippen molar-refractivity contribution < 1.29 is 28.6 Å². The summed E-state index contributed by atoms with van der Waals surface area (Å²) in [4.78, 5) is 28.8. The van der Waals surface area contributed by atoms with Crippen LogP contribution in [0.1, 0.15) is 26.3 Å². The quantitative estimate of drug-likeness (QED) is 0.378. The summed E-state index contributed by atoms with van der Waals surface area (Å²) in [7, 11) is 1.91. The summed E-state index contributed by atoms with van der Waals surface area (Å²) in [5, 5.41) is 11.0. The lowest BCUT2D eigenvalue weighted by Crippen LogP contribution is -2.37. The van der Waals surface area contributed by atoms with Gasteiger partial charge in [0.05, 0.1) is 41.6 Å². The number of para-hydroxylation sites is 1. The number of hydrogen-bond donors (Lipinski definition) is 1. The van der Waals surface area contributed by atoms with E-state index in [1.165, 1.54) is 0 Å². The maximum atomic E-state index is 15.4. The van der Waals surface area contributed by atoms with Crippen LogP contribution in [0.5, 0.6) is 5.75 Å². The molecule has 0 spiro atoms. The number of carbonyl (C=O) groups is 2. The van der Waals surface area contributed by atoms with Crippen LogP contribution in [0.2, 0.25) is 5.02 Å². The number of amides is 1. The Kier molecular flexibility index (Phi) is 6.40. The molecule has 1 N–H and O–H groups in total. The minimum absolute atomic E-state index is 0.0445. The molecule has 1 fully saturated rings. The second-order valence-corrected chi connectivity index (χ2v) is 10.0. The van der Waals surface area contributed by atoms with Gasteiger partial charge in [-0.05, 0) is 30.3 Å². The molecule has 2 aliphatic rings. The predicted molar refractivity (Wildman–Crippen MR) is 145 cm³/mol. The first-order valence-electron chi connectivity index (χ1n) is 12.5. The molecule has 1 aromatic heterocycles. The van der Waals surface area contributed by atoms with Crippen molar-refractivity contribution in [1.82, 2.24) is 9.47 Å². The van der Waals surface area contributed by atoms with Crippen LogP contribution < -0.4 is 9.64 Å². The van der Waals surface area contributed by atoms with E-state index in [0.29, 0.717) is 59.5 Å². The molecule has 3 aromatic carbocycles. The highest BCUT2D eigenvalue weighted by molar-refractivity contribution is 6.34. The average Bonchev–Trinajstić information content (AvgIpc) is 3.31. The van der Waals surface area contributed by atoms with Gasteiger partial charge < -0.3 is 28.9 Å². The topological polar surface area (TPSA) is 84.2 Å². The molecule has 1 saturated heterocycles. The van der Waals surface area contributed by atoms with Gasteiger partial charge in [0.25, 0.3) is 5.91 Å². The number of carbonyl (C=O) groups excluding carboxylic acids is 1. The summed E-state index contributed by atoms with van der Waals surface area (Å²) in [6.07, 6.45) is 1.91. The molecule has 0 bridgehead atoms. The van der Waals surface area contributed by atoms with Gasteiger partial charge in [-0.1, -0.05) is 29.8 Å². The van der Waals surface area contributed by atoms with Crippen LogP contribution in [-0.4, -0.2) is 59.5 Å². The number of fused-ring (bicyclic) bond motifs is 2. The number of anilines is 1. The molecule has 3 heterocycles. The first-order chi connectivity index (χ1) is 18.8. The normalized spacial score (nSPS) is 15.3. The lowest BCUT2D eigenvalue weighted by Gasteiger charge is -2.32. The minimum Gasteiger partial charge on any atom is -0.478 e. The van der Waals surface area contributed by atoms with Crippen molar-refractivity contribution in [3.05, 3.63) is 82.3 Å². The Morgan fingerprint density at radius 1 is 1.03 bits per heavy atom. The van der Waals surface area contributed by atoms with Crippen LogP contribution in [0, 0.1) is 5.82 Å². The molecular weight excluding hydrogens is 525 g/mol. The number of rotatable bonds is 4. The Labute approximate surface area is 228 Å². The number of morpholine rings is 1. The molecule has 0 aliphatic carbocycles. The molecule has 1 amide bonds. The number of aromatic carboxylic acids is 1. The summed E-state index contributed by atoms with van der Waals surface area (Å²) in [6.45, 7) is 2.13. The third-order valence-corrected chi connectivity index (χ3v) is 7.58. The maximum absolute atomic E-state index is 15.4. The van der Waals surface area contributed by atoms with Crippen LogP contribution >= 0.6 is 11.6 Å². The zero-order valence-electron chi connectivity index (χ0n) is 21.1. The Morgan fingerprint density at radius 2 is 1.82 bits per heavy atom. The number of hydrogen-bond acceptors (Lipinski definition) is 5. The largest absolute Gasteiger partial charge is 0.478 e. The average molecular weight is 550 g/mol. The number of aryl methyl sites for hydroxylation is 1. The smallest absolute Gasteiger partial charge is 0.337 e. The van der Waals surface area contributed by atoms with Crippen molar-refractivity contribution in [2.75, 3.05) is 37.9 Å². The van der Waals surface area contributed by atoms with Gasteiger partial charge in [0.1, 0.15) is 11.6 Å². The van der Waals surface area contributed by atoms with E-state index in [1.807, 2.05) is 34.8 Å². The first-order valence-corrected chi connectivity index (χ1v) is 12.9. The van der Waals surface area contributed by atoms with Crippen LogP contribution in [0.15, 0.2) is 54.7 Å². The standard InChI is InChI=1S/C29H25ClFN3O5/c1-32-6-5-17-11-21(23(30)14-25(17)32)28(35)34-15-18-3-2-4-19(27(18)39-16-34)20-13-26(33-7-9-38-10-8-33)22(29(36)37)12-24(20)31/h2-6,11-14H,7-10,15-16H2,1H3,(H,36,37). The van der Waals surface area contributed by atoms with Gasteiger partial charge in [0, 0.05) is 53.9 Å². The van der Waals surface area contributed by atoms with E-state index in [2.05, 4.69) is 0 Å². The highest BCUT2D eigenvalue weighted by Crippen LogP contribution is 2.40. The fraction of sp³-hybridized carbons (Fsp3) is 0.241. The second kappa shape index (κ2) is 9.91. The Balaban J connectivity index is 1.34. The maximum Gasteiger partial charge on any atom is 0.337 e. The van der Waals surface area contributed by atoms with E-state index in [9.17, 15) is 14.7 Å². The third kappa shape index (κ3) is 4.47. The number of ether oxygens (including phenoxy) is 2. The third-order valence-electron chi connectivity index (χ3n) is 7.27. The Morgan fingerprint density at radius 3 is 2.59 bits per heavy atom. The van der Waals surface area contributed by atoms with Gasteiger partial charge in [-0.25, -0.2) is 9.18 Å². The van der Waals surface area contributed by atoms with Crippen molar-refractivity contribution >= 4 is 40.1 Å². The summed E-state index contributed by atoms with van der Waals surface area (Å²) < 4.78 is 28.8. The van der Waals surface area contributed by atoms with Gasteiger partial charge in [0.2, 0.25) is 0 Å². The molecular formula is C29H25ClFN3O5. The van der Waals surface area contributed by atoms with E-state index < -0.39 is 11.8 Å². The highest BCUT2D eigenvalue weighted by atomic mass is 35.5. The fourth-order valence-corrected chi connectivity index (χ4v) is 5.49. The fourth-order valence-electron chi connectivity index (χ4n) is 5.25. The molecule has 8 nitrogen and oxygen atoms in total. The van der Waals surface area contributed by atoms with E-state index >= 15 is 4.39 Å². The summed E-state index contributed by atoms with van der Waals surface area (Å²) >= 11 is 6.49. The molecule has 0 unspecified atom stereocenters. The van der Waals surface area contributed by atoms with E-state index in [1.54, 1.807) is 35.2 Å². The first kappa shape index (κ1) is 25.2. The van der Waals surface area contributed by atoms with Crippen molar-refractivity contribution in [3.63, 3.8) is 0 Å². The number of carboxylic acid groups (broad SMARTS) is 1. The molecule has 0 radical (unpaired) electrons. The zero-order chi connectivity index (χ0) is 27.3. The van der Waals surface area contributed by atoms with Gasteiger partial charge in [-0.2, -0.15) is 0 Å². The van der Waals surface area contributed by atoms with E-state index in [-0.39, 0.29) is 30.3 Å². The van der Waals surface area contributed by atoms with Crippen molar-refractivity contribution in [2.45, 2.75) is 6.54 Å². The molecule has 10 heteroatoms. The molecule has 4 aromatic rings. The van der Waals surface area contributed by atoms with Crippen molar-refractivity contribution in [1.29, 1.82) is 0 Å². The number of benzene rings is 3. The monoisotopic (exact) mass is 549 g/mol. The van der Waals surface area contributed by atoms with Crippen molar-refractivity contribution in [3.8, 4) is 16.9 Å². The number of carboxylic acids is 1. The zero-order valence-corrected chi connectivity index (χ0v) is 21.9.